The Morgan fingerprint density at radius 3 is 2.81 bits per heavy atom. The second-order valence-electron chi connectivity index (χ2n) is 5.91. The summed E-state index contributed by atoms with van der Waals surface area (Å²) in [6.45, 7) is 6.46. The van der Waals surface area contributed by atoms with Crippen molar-refractivity contribution in [3.8, 4) is 0 Å². The van der Waals surface area contributed by atoms with Gasteiger partial charge in [0.25, 0.3) is 0 Å². The van der Waals surface area contributed by atoms with Gasteiger partial charge in [-0.1, -0.05) is 0 Å². The van der Waals surface area contributed by atoms with Gasteiger partial charge in [-0.2, -0.15) is 0 Å². The smallest absolute Gasteiger partial charge is 0.0121 e. The molecule has 1 N–H and O–H groups in total. The lowest BCUT2D eigenvalue weighted by atomic mass is 9.94. The van der Waals surface area contributed by atoms with Crippen LogP contribution in [0.15, 0.2) is 0 Å². The number of hydrogen-bond acceptors (Lipinski definition) is 3. The molecule has 1 aliphatic carbocycles. The first-order valence-corrected chi connectivity index (χ1v) is 6.99. The van der Waals surface area contributed by atoms with Crippen LogP contribution in [0.25, 0.3) is 0 Å². The quantitative estimate of drug-likeness (QED) is 0.742. The minimum absolute atomic E-state index is 0.811. The molecule has 3 rings (SSSR count). The van der Waals surface area contributed by atoms with Gasteiger partial charge in [0.05, 0.1) is 0 Å². The SMILES string of the molecule is CN(CCNC1CCN2CCC1C2)C1CC1. The third-order valence-corrected chi connectivity index (χ3v) is 4.68. The van der Waals surface area contributed by atoms with E-state index in [2.05, 4.69) is 22.2 Å². The third kappa shape index (κ3) is 2.41. The maximum Gasteiger partial charge on any atom is 0.0121 e. The Morgan fingerprint density at radius 1 is 1.19 bits per heavy atom. The molecule has 2 heterocycles. The minimum Gasteiger partial charge on any atom is -0.312 e. The summed E-state index contributed by atoms with van der Waals surface area (Å²) in [4.78, 5) is 5.15. The molecule has 0 aromatic carbocycles. The van der Waals surface area contributed by atoms with Crippen molar-refractivity contribution in [1.82, 2.24) is 15.1 Å². The lowest BCUT2D eigenvalue weighted by Crippen LogP contribution is -2.46. The topological polar surface area (TPSA) is 18.5 Å². The second kappa shape index (κ2) is 4.63. The highest BCUT2D eigenvalue weighted by Crippen LogP contribution is 2.27. The van der Waals surface area contributed by atoms with Crippen LogP contribution in [0.3, 0.4) is 0 Å². The van der Waals surface area contributed by atoms with Crippen molar-refractivity contribution in [3.63, 3.8) is 0 Å². The summed E-state index contributed by atoms with van der Waals surface area (Å²) in [5.74, 6) is 0.944. The van der Waals surface area contributed by atoms with Crippen LogP contribution < -0.4 is 5.32 Å². The highest BCUT2D eigenvalue weighted by atomic mass is 15.2. The number of fused-ring (bicyclic) bond motifs is 2. The van der Waals surface area contributed by atoms with Crippen molar-refractivity contribution in [1.29, 1.82) is 0 Å². The Hall–Kier alpha value is -0.120. The van der Waals surface area contributed by atoms with Crippen molar-refractivity contribution in [2.75, 3.05) is 39.8 Å². The number of likely N-dealkylation sites (N-methyl/N-ethyl adjacent to an activating group) is 1. The molecule has 0 spiro atoms. The molecule has 16 heavy (non-hydrogen) atoms. The summed E-state index contributed by atoms with van der Waals surface area (Å²) >= 11 is 0. The van der Waals surface area contributed by atoms with Crippen LogP contribution in [0, 0.1) is 5.92 Å². The molecule has 3 nitrogen and oxygen atoms in total. The Labute approximate surface area is 99.2 Å². The van der Waals surface area contributed by atoms with E-state index in [1.54, 1.807) is 0 Å². The van der Waals surface area contributed by atoms with Gasteiger partial charge in [-0.15, -0.1) is 0 Å². The number of nitrogens with one attached hydrogen (secondary N) is 1. The monoisotopic (exact) mass is 223 g/mol. The van der Waals surface area contributed by atoms with Gasteiger partial charge in [0.1, 0.15) is 0 Å². The molecule has 1 saturated carbocycles. The zero-order chi connectivity index (χ0) is 11.0. The molecule has 0 aromatic rings. The number of piperidine rings is 1. The standard InChI is InChI=1S/C13H25N3/c1-15(12-2-3-12)9-6-14-13-5-8-16-7-4-11(13)10-16/h11-14H,2-10H2,1H3. The zero-order valence-corrected chi connectivity index (χ0v) is 10.5. The van der Waals surface area contributed by atoms with Crippen molar-refractivity contribution in [2.24, 2.45) is 5.92 Å². The molecule has 92 valence electrons. The van der Waals surface area contributed by atoms with E-state index >= 15 is 0 Å². The normalized spacial score (nSPS) is 38.2. The summed E-state index contributed by atoms with van der Waals surface area (Å²) in [5, 5.41) is 3.79. The summed E-state index contributed by atoms with van der Waals surface area (Å²) < 4.78 is 0. The van der Waals surface area contributed by atoms with E-state index < -0.39 is 0 Å². The number of rotatable bonds is 5. The summed E-state index contributed by atoms with van der Waals surface area (Å²) in [6.07, 6.45) is 5.66. The lowest BCUT2D eigenvalue weighted by Gasteiger charge is -2.31. The van der Waals surface area contributed by atoms with Crippen molar-refractivity contribution in [2.45, 2.75) is 37.8 Å². The van der Waals surface area contributed by atoms with E-state index in [9.17, 15) is 0 Å². The molecule has 2 aliphatic heterocycles. The highest BCUT2D eigenvalue weighted by molar-refractivity contribution is 4.91. The van der Waals surface area contributed by atoms with Crippen LogP contribution in [0.4, 0.5) is 0 Å². The fourth-order valence-electron chi connectivity index (χ4n) is 3.34. The van der Waals surface area contributed by atoms with E-state index in [0.717, 1.165) is 18.0 Å². The van der Waals surface area contributed by atoms with E-state index in [0.29, 0.717) is 0 Å². The molecule has 3 unspecified atom stereocenters. The minimum atomic E-state index is 0.811. The van der Waals surface area contributed by atoms with Gasteiger partial charge < -0.3 is 15.1 Å². The average molecular weight is 223 g/mol. The van der Waals surface area contributed by atoms with E-state index in [4.69, 9.17) is 0 Å². The number of nitrogens with zero attached hydrogens (tertiary/aromatic N) is 2. The summed E-state index contributed by atoms with van der Waals surface area (Å²) in [6, 6.07) is 1.72. The third-order valence-electron chi connectivity index (χ3n) is 4.68. The van der Waals surface area contributed by atoms with Gasteiger partial charge in [-0.25, -0.2) is 0 Å². The predicted octanol–water partition coefficient (Wildman–Crippen LogP) is 0.764. The highest BCUT2D eigenvalue weighted by Gasteiger charge is 2.33. The van der Waals surface area contributed by atoms with Crippen molar-refractivity contribution < 1.29 is 0 Å². The first-order chi connectivity index (χ1) is 7.83. The largest absolute Gasteiger partial charge is 0.312 e. The van der Waals surface area contributed by atoms with Gasteiger partial charge >= 0.3 is 0 Å². The molecule has 3 heteroatoms. The van der Waals surface area contributed by atoms with Crippen LogP contribution in [-0.2, 0) is 0 Å². The lowest BCUT2D eigenvalue weighted by molar-refractivity contribution is 0.214. The Kier molecular flexibility index (Phi) is 3.18. The molecule has 3 fully saturated rings. The maximum atomic E-state index is 3.79. The van der Waals surface area contributed by atoms with Crippen LogP contribution in [0.1, 0.15) is 25.7 Å². The van der Waals surface area contributed by atoms with Gasteiger partial charge in [0.2, 0.25) is 0 Å². The fourth-order valence-corrected chi connectivity index (χ4v) is 3.34. The molecule has 0 amide bonds. The van der Waals surface area contributed by atoms with Crippen LogP contribution in [0.5, 0.6) is 0 Å². The van der Waals surface area contributed by atoms with Crippen LogP contribution in [0.2, 0.25) is 0 Å². The van der Waals surface area contributed by atoms with Gasteiger partial charge in [-0.05, 0) is 51.7 Å². The van der Waals surface area contributed by atoms with Crippen molar-refractivity contribution >= 4 is 0 Å². The van der Waals surface area contributed by atoms with Crippen LogP contribution in [-0.4, -0.2) is 61.7 Å². The number of hydrogen-bond donors (Lipinski definition) is 1. The Morgan fingerprint density at radius 2 is 2.00 bits per heavy atom. The van der Waals surface area contributed by atoms with E-state index in [1.807, 2.05) is 0 Å². The molecule has 2 saturated heterocycles. The zero-order valence-electron chi connectivity index (χ0n) is 10.5. The predicted molar refractivity (Wildman–Crippen MR) is 66.6 cm³/mol. The molecular weight excluding hydrogens is 198 g/mol. The molecule has 3 atom stereocenters. The summed E-state index contributed by atoms with van der Waals surface area (Å²) in [5.41, 5.74) is 0. The Balaban J connectivity index is 1.37. The van der Waals surface area contributed by atoms with Gasteiger partial charge in [0.15, 0.2) is 0 Å². The first kappa shape index (κ1) is 11.0. The van der Waals surface area contributed by atoms with Gasteiger partial charge in [-0.3, -0.25) is 0 Å². The fraction of sp³-hybridized carbons (Fsp3) is 1.00. The molecule has 0 radical (unpaired) electrons. The van der Waals surface area contributed by atoms with E-state index in [-0.39, 0.29) is 0 Å². The maximum absolute atomic E-state index is 3.79. The second-order valence-corrected chi connectivity index (χ2v) is 5.91. The van der Waals surface area contributed by atoms with Crippen LogP contribution >= 0.6 is 0 Å². The van der Waals surface area contributed by atoms with Crippen molar-refractivity contribution in [3.05, 3.63) is 0 Å². The first-order valence-electron chi connectivity index (χ1n) is 6.99. The molecule has 3 aliphatic rings. The molecule has 2 bridgehead atoms. The summed E-state index contributed by atoms with van der Waals surface area (Å²) in [7, 11) is 2.28. The molecular formula is C13H25N3. The van der Waals surface area contributed by atoms with E-state index in [1.165, 1.54) is 58.4 Å². The van der Waals surface area contributed by atoms with Gasteiger partial charge in [0, 0.05) is 31.7 Å². The Bertz CT molecular complexity index is 239. The average Bonchev–Trinajstić information content (AvgIpc) is 3.07. The molecule has 0 aromatic heterocycles.